The largest absolute Gasteiger partial charge is 0.378 e. The highest BCUT2D eigenvalue weighted by Crippen LogP contribution is 2.11. The van der Waals surface area contributed by atoms with E-state index >= 15 is 0 Å². The van der Waals surface area contributed by atoms with Crippen LogP contribution in [-0.4, -0.2) is 20.0 Å². The summed E-state index contributed by atoms with van der Waals surface area (Å²) in [7, 11) is 7.22. The molecule has 0 heterocycles. The summed E-state index contributed by atoms with van der Waals surface area (Å²) < 4.78 is 0. The van der Waals surface area contributed by atoms with Crippen LogP contribution in [0, 0.1) is 7.05 Å². The third kappa shape index (κ3) is 2.21. The van der Waals surface area contributed by atoms with E-state index in [-0.39, 0.29) is 5.91 Å². The Labute approximate surface area is 78.4 Å². The van der Waals surface area contributed by atoms with Gasteiger partial charge in [-0.05, 0) is 24.3 Å². The number of nitrogens with zero attached hydrogens (tertiary/aromatic N) is 1. The van der Waals surface area contributed by atoms with Gasteiger partial charge in [0.25, 0.3) is 5.91 Å². The second kappa shape index (κ2) is 3.94. The molecule has 3 nitrogen and oxygen atoms in total. The molecule has 0 aliphatic rings. The fourth-order valence-corrected chi connectivity index (χ4v) is 1.01. The molecule has 1 N–H and O–H groups in total. The van der Waals surface area contributed by atoms with E-state index in [4.69, 9.17) is 0 Å². The average Bonchev–Trinajstić information content (AvgIpc) is 2.17. The van der Waals surface area contributed by atoms with Gasteiger partial charge in [-0.3, -0.25) is 4.79 Å². The number of hydrogen-bond donors (Lipinski definition) is 1. The van der Waals surface area contributed by atoms with Gasteiger partial charge in [-0.25, -0.2) is 0 Å². The first kappa shape index (κ1) is 9.58. The molecule has 1 aromatic carbocycles. The lowest BCUT2D eigenvalue weighted by Crippen LogP contribution is -2.15. The summed E-state index contributed by atoms with van der Waals surface area (Å²) in [5, 5.41) is 2.33. The Balaban J connectivity index is 2.87. The monoisotopic (exact) mass is 177 g/mol. The molecule has 0 aliphatic carbocycles. The first-order valence-corrected chi connectivity index (χ1v) is 4.00. The van der Waals surface area contributed by atoms with E-state index in [9.17, 15) is 4.79 Å². The molecule has 0 saturated heterocycles. The molecule has 0 saturated carbocycles. The Morgan fingerprint density at radius 1 is 1.31 bits per heavy atom. The summed E-state index contributed by atoms with van der Waals surface area (Å²) in [6, 6.07) is 7.33. The van der Waals surface area contributed by atoms with E-state index in [0.717, 1.165) is 5.69 Å². The number of amides is 1. The number of rotatable bonds is 2. The van der Waals surface area contributed by atoms with Crippen LogP contribution in [0.1, 0.15) is 10.4 Å². The maximum Gasteiger partial charge on any atom is 0.251 e. The SMILES string of the molecule is [CH2]NC(=O)c1ccc(N(C)C)cc1. The van der Waals surface area contributed by atoms with Gasteiger partial charge in [0, 0.05) is 32.4 Å². The second-order valence-corrected chi connectivity index (χ2v) is 2.95. The molecule has 0 fully saturated rings. The van der Waals surface area contributed by atoms with E-state index < -0.39 is 0 Å². The molecule has 0 bridgehead atoms. The van der Waals surface area contributed by atoms with Crippen LogP contribution < -0.4 is 10.2 Å². The summed E-state index contributed by atoms with van der Waals surface area (Å²) in [5.41, 5.74) is 1.70. The smallest absolute Gasteiger partial charge is 0.251 e. The number of carbonyl (C=O) groups is 1. The molecular formula is C10H13N2O. The topological polar surface area (TPSA) is 32.3 Å². The predicted octanol–water partition coefficient (Wildman–Crippen LogP) is 1.27. The molecule has 0 aromatic heterocycles. The van der Waals surface area contributed by atoms with Gasteiger partial charge in [-0.1, -0.05) is 0 Å². The molecule has 1 rings (SSSR count). The Hall–Kier alpha value is -1.51. The van der Waals surface area contributed by atoms with Crippen molar-refractivity contribution in [3.05, 3.63) is 36.9 Å². The number of carbonyl (C=O) groups excluding carboxylic acids is 1. The maximum atomic E-state index is 11.1. The quantitative estimate of drug-likeness (QED) is 0.738. The van der Waals surface area contributed by atoms with Gasteiger partial charge >= 0.3 is 0 Å². The van der Waals surface area contributed by atoms with Crippen molar-refractivity contribution in [1.82, 2.24) is 5.32 Å². The van der Waals surface area contributed by atoms with Crippen LogP contribution in [0.25, 0.3) is 0 Å². The third-order valence-corrected chi connectivity index (χ3v) is 1.81. The van der Waals surface area contributed by atoms with Crippen molar-refractivity contribution >= 4 is 11.6 Å². The minimum absolute atomic E-state index is 0.162. The Morgan fingerprint density at radius 3 is 2.23 bits per heavy atom. The van der Waals surface area contributed by atoms with Crippen LogP contribution in [0.4, 0.5) is 5.69 Å². The zero-order valence-corrected chi connectivity index (χ0v) is 7.87. The van der Waals surface area contributed by atoms with Crippen LogP contribution >= 0.6 is 0 Å². The van der Waals surface area contributed by atoms with Gasteiger partial charge in [-0.15, -0.1) is 0 Å². The van der Waals surface area contributed by atoms with Crippen LogP contribution in [0.2, 0.25) is 0 Å². The van der Waals surface area contributed by atoms with Gasteiger partial charge < -0.3 is 10.2 Å². The number of benzene rings is 1. The zero-order chi connectivity index (χ0) is 9.84. The van der Waals surface area contributed by atoms with Crippen molar-refractivity contribution in [2.75, 3.05) is 19.0 Å². The fourth-order valence-electron chi connectivity index (χ4n) is 1.01. The molecule has 0 atom stereocenters. The maximum absolute atomic E-state index is 11.1. The normalized spacial score (nSPS) is 9.46. The Morgan fingerprint density at radius 2 is 1.85 bits per heavy atom. The molecule has 13 heavy (non-hydrogen) atoms. The third-order valence-electron chi connectivity index (χ3n) is 1.81. The molecule has 69 valence electrons. The minimum atomic E-state index is -0.162. The number of hydrogen-bond acceptors (Lipinski definition) is 2. The van der Waals surface area contributed by atoms with Crippen molar-refractivity contribution < 1.29 is 4.79 Å². The van der Waals surface area contributed by atoms with Gasteiger partial charge in [0.2, 0.25) is 0 Å². The molecule has 0 spiro atoms. The van der Waals surface area contributed by atoms with Crippen LogP contribution in [0.3, 0.4) is 0 Å². The molecule has 1 aromatic rings. The van der Waals surface area contributed by atoms with Gasteiger partial charge in [-0.2, -0.15) is 0 Å². The summed E-state index contributed by atoms with van der Waals surface area (Å²) in [6.45, 7) is 0. The molecule has 0 aliphatic heterocycles. The second-order valence-electron chi connectivity index (χ2n) is 2.95. The van der Waals surface area contributed by atoms with Gasteiger partial charge in [0.05, 0.1) is 0 Å². The lowest BCUT2D eigenvalue weighted by Gasteiger charge is -2.12. The van der Waals surface area contributed by atoms with E-state index in [1.54, 1.807) is 12.1 Å². The molecule has 0 unspecified atom stereocenters. The Bertz CT molecular complexity index is 290. The summed E-state index contributed by atoms with van der Waals surface area (Å²) in [5.74, 6) is -0.162. The number of nitrogens with one attached hydrogen (secondary N) is 1. The zero-order valence-electron chi connectivity index (χ0n) is 7.87. The summed E-state index contributed by atoms with van der Waals surface area (Å²) >= 11 is 0. The highest BCUT2D eigenvalue weighted by molar-refractivity contribution is 5.94. The molecule has 1 amide bonds. The minimum Gasteiger partial charge on any atom is -0.378 e. The summed E-state index contributed by atoms with van der Waals surface area (Å²) in [4.78, 5) is 13.1. The first-order valence-electron chi connectivity index (χ1n) is 4.00. The predicted molar refractivity (Wildman–Crippen MR) is 53.6 cm³/mol. The summed E-state index contributed by atoms with van der Waals surface area (Å²) in [6.07, 6.45) is 0. The highest BCUT2D eigenvalue weighted by atomic mass is 16.1. The Kier molecular flexibility index (Phi) is 2.90. The van der Waals surface area contributed by atoms with Crippen molar-refractivity contribution in [3.63, 3.8) is 0 Å². The van der Waals surface area contributed by atoms with Crippen LogP contribution in [0.15, 0.2) is 24.3 Å². The van der Waals surface area contributed by atoms with E-state index in [1.807, 2.05) is 31.1 Å². The van der Waals surface area contributed by atoms with Crippen molar-refractivity contribution in [3.8, 4) is 0 Å². The van der Waals surface area contributed by atoms with Crippen molar-refractivity contribution in [2.24, 2.45) is 0 Å². The van der Waals surface area contributed by atoms with E-state index in [0.29, 0.717) is 5.56 Å². The van der Waals surface area contributed by atoms with Gasteiger partial charge in [0.1, 0.15) is 0 Å². The van der Waals surface area contributed by atoms with Gasteiger partial charge in [0.15, 0.2) is 0 Å². The molecule has 3 heteroatoms. The van der Waals surface area contributed by atoms with Crippen molar-refractivity contribution in [1.29, 1.82) is 0 Å². The highest BCUT2D eigenvalue weighted by Gasteiger charge is 2.02. The van der Waals surface area contributed by atoms with Crippen molar-refractivity contribution in [2.45, 2.75) is 0 Å². The van der Waals surface area contributed by atoms with Crippen LogP contribution in [-0.2, 0) is 0 Å². The van der Waals surface area contributed by atoms with Crippen LogP contribution in [0.5, 0.6) is 0 Å². The fraction of sp³-hybridized carbons (Fsp3) is 0.200. The van der Waals surface area contributed by atoms with E-state index in [2.05, 4.69) is 12.4 Å². The first-order chi connectivity index (χ1) is 6.15. The molecular weight excluding hydrogens is 164 g/mol. The average molecular weight is 177 g/mol. The van der Waals surface area contributed by atoms with E-state index in [1.165, 1.54) is 0 Å². The lowest BCUT2D eigenvalue weighted by molar-refractivity contribution is 0.0969. The number of anilines is 1. The lowest BCUT2D eigenvalue weighted by atomic mass is 10.2. The molecule has 1 radical (unpaired) electrons. The standard InChI is InChI=1S/C10H13N2O/c1-11-10(13)8-4-6-9(7-5-8)12(2)3/h4-7H,1H2,2-3H3,(H,11,13).